The number of nitrogens with one attached hydrogen (secondary N) is 2. The van der Waals surface area contributed by atoms with Crippen LogP contribution in [0.5, 0.6) is 5.75 Å². The maximum atomic E-state index is 11.7. The summed E-state index contributed by atoms with van der Waals surface area (Å²) in [7, 11) is 1.48. The number of para-hydroxylation sites is 1. The number of rotatable bonds is 3. The molecule has 5 heteroatoms. The highest BCUT2D eigenvalue weighted by molar-refractivity contribution is 5.97. The zero-order chi connectivity index (χ0) is 12.8. The molecule has 0 unspecified atom stereocenters. The van der Waals surface area contributed by atoms with Crippen LogP contribution in [0, 0.1) is 5.92 Å². The predicted octanol–water partition coefficient (Wildman–Crippen LogP) is 1.11. The van der Waals surface area contributed by atoms with Gasteiger partial charge in [0.05, 0.1) is 12.7 Å². The van der Waals surface area contributed by atoms with Crippen molar-refractivity contribution < 1.29 is 14.3 Å². The average molecular weight is 236 g/mol. The quantitative estimate of drug-likeness (QED) is 0.772. The Kier molecular flexibility index (Phi) is 4.51. The normalized spacial score (nSPS) is 9.88. The fourth-order valence-electron chi connectivity index (χ4n) is 1.16. The summed E-state index contributed by atoms with van der Waals surface area (Å²) in [6, 6.07) is 6.79. The molecule has 17 heavy (non-hydrogen) atoms. The molecule has 2 N–H and O–H groups in total. The van der Waals surface area contributed by atoms with Crippen molar-refractivity contribution in [1.29, 1.82) is 0 Å². The highest BCUT2D eigenvalue weighted by Crippen LogP contribution is 2.16. The van der Waals surface area contributed by atoms with E-state index in [4.69, 9.17) is 4.74 Å². The van der Waals surface area contributed by atoms with Crippen LogP contribution in [0.1, 0.15) is 24.2 Å². The second kappa shape index (κ2) is 5.89. The lowest BCUT2D eigenvalue weighted by molar-refractivity contribution is -0.124. The Hall–Kier alpha value is -2.04. The van der Waals surface area contributed by atoms with E-state index in [1.54, 1.807) is 38.1 Å². The van der Waals surface area contributed by atoms with Gasteiger partial charge in [-0.2, -0.15) is 0 Å². The summed E-state index contributed by atoms with van der Waals surface area (Å²) < 4.78 is 5.05. The summed E-state index contributed by atoms with van der Waals surface area (Å²) in [4.78, 5) is 23.0. The molecule has 0 aliphatic rings. The zero-order valence-corrected chi connectivity index (χ0v) is 10.1. The number of hydrogen-bond acceptors (Lipinski definition) is 3. The molecule has 0 spiro atoms. The topological polar surface area (TPSA) is 67.4 Å². The van der Waals surface area contributed by atoms with E-state index in [0.717, 1.165) is 0 Å². The first-order valence-electron chi connectivity index (χ1n) is 5.29. The lowest BCUT2D eigenvalue weighted by atomic mass is 10.2. The van der Waals surface area contributed by atoms with Crippen molar-refractivity contribution in [2.45, 2.75) is 13.8 Å². The van der Waals surface area contributed by atoms with Gasteiger partial charge in [-0.1, -0.05) is 26.0 Å². The second-order valence-electron chi connectivity index (χ2n) is 3.80. The second-order valence-corrected chi connectivity index (χ2v) is 3.80. The summed E-state index contributed by atoms with van der Waals surface area (Å²) in [6.07, 6.45) is 0. The number of ether oxygens (including phenoxy) is 1. The minimum absolute atomic E-state index is 0.187. The molecule has 92 valence electrons. The van der Waals surface area contributed by atoms with Gasteiger partial charge in [-0.15, -0.1) is 0 Å². The first-order valence-corrected chi connectivity index (χ1v) is 5.29. The maximum Gasteiger partial charge on any atom is 0.273 e. The molecule has 0 atom stereocenters. The van der Waals surface area contributed by atoms with E-state index in [9.17, 15) is 9.59 Å². The number of hydrogen-bond donors (Lipinski definition) is 2. The molecule has 0 radical (unpaired) electrons. The molecule has 0 fully saturated rings. The number of methoxy groups -OCH3 is 1. The van der Waals surface area contributed by atoms with Gasteiger partial charge in [0.1, 0.15) is 5.75 Å². The van der Waals surface area contributed by atoms with E-state index in [-0.39, 0.29) is 11.8 Å². The van der Waals surface area contributed by atoms with Gasteiger partial charge in [0, 0.05) is 5.92 Å². The van der Waals surface area contributed by atoms with E-state index in [0.29, 0.717) is 11.3 Å². The van der Waals surface area contributed by atoms with Crippen molar-refractivity contribution >= 4 is 11.8 Å². The average Bonchev–Trinajstić information content (AvgIpc) is 2.35. The molecule has 0 bridgehead atoms. The third-order valence-corrected chi connectivity index (χ3v) is 2.18. The van der Waals surface area contributed by atoms with Gasteiger partial charge in [-0.3, -0.25) is 20.4 Å². The fourth-order valence-corrected chi connectivity index (χ4v) is 1.16. The van der Waals surface area contributed by atoms with Gasteiger partial charge in [0.25, 0.3) is 5.91 Å². The third kappa shape index (κ3) is 3.48. The largest absolute Gasteiger partial charge is 0.496 e. The van der Waals surface area contributed by atoms with E-state index < -0.39 is 5.91 Å². The first kappa shape index (κ1) is 13.0. The van der Waals surface area contributed by atoms with Crippen LogP contribution in [-0.2, 0) is 4.79 Å². The lowest BCUT2D eigenvalue weighted by Gasteiger charge is -2.11. The van der Waals surface area contributed by atoms with Crippen molar-refractivity contribution in [3.63, 3.8) is 0 Å². The fraction of sp³-hybridized carbons (Fsp3) is 0.333. The van der Waals surface area contributed by atoms with Gasteiger partial charge in [-0.25, -0.2) is 0 Å². The van der Waals surface area contributed by atoms with E-state index in [1.807, 2.05) is 0 Å². The van der Waals surface area contributed by atoms with Crippen LogP contribution in [0.25, 0.3) is 0 Å². The van der Waals surface area contributed by atoms with Crippen molar-refractivity contribution in [2.75, 3.05) is 7.11 Å². The summed E-state index contributed by atoms with van der Waals surface area (Å²) in [5, 5.41) is 0. The minimum atomic E-state index is -0.406. The Labute approximate surface area is 100 Å². The third-order valence-electron chi connectivity index (χ3n) is 2.18. The Morgan fingerprint density at radius 3 is 2.41 bits per heavy atom. The van der Waals surface area contributed by atoms with Crippen LogP contribution < -0.4 is 15.6 Å². The zero-order valence-electron chi connectivity index (χ0n) is 10.1. The molecule has 0 saturated heterocycles. The lowest BCUT2D eigenvalue weighted by Crippen LogP contribution is -2.43. The van der Waals surface area contributed by atoms with Crippen molar-refractivity contribution in [1.82, 2.24) is 10.9 Å². The van der Waals surface area contributed by atoms with Gasteiger partial charge >= 0.3 is 0 Å². The molecule has 0 aromatic heterocycles. The highest BCUT2D eigenvalue weighted by Gasteiger charge is 2.13. The Morgan fingerprint density at radius 1 is 1.18 bits per heavy atom. The van der Waals surface area contributed by atoms with Gasteiger partial charge in [0.2, 0.25) is 5.91 Å². The molecule has 0 saturated carbocycles. The van der Waals surface area contributed by atoms with Crippen molar-refractivity contribution in [3.8, 4) is 5.75 Å². The van der Waals surface area contributed by atoms with Gasteiger partial charge in [0.15, 0.2) is 0 Å². The highest BCUT2D eigenvalue weighted by atomic mass is 16.5. The smallest absolute Gasteiger partial charge is 0.273 e. The SMILES string of the molecule is COc1ccccc1C(=O)NNC(=O)C(C)C. The summed E-state index contributed by atoms with van der Waals surface area (Å²) in [5.74, 6) is -0.374. The van der Waals surface area contributed by atoms with Crippen LogP contribution >= 0.6 is 0 Å². The van der Waals surface area contributed by atoms with Gasteiger partial charge < -0.3 is 4.74 Å². The molecule has 5 nitrogen and oxygen atoms in total. The minimum Gasteiger partial charge on any atom is -0.496 e. The van der Waals surface area contributed by atoms with Crippen molar-refractivity contribution in [3.05, 3.63) is 29.8 Å². The van der Waals surface area contributed by atoms with Gasteiger partial charge in [-0.05, 0) is 12.1 Å². The Bertz CT molecular complexity index is 416. The molecule has 0 aliphatic carbocycles. The number of benzene rings is 1. The number of hydrazine groups is 1. The van der Waals surface area contributed by atoms with Crippen molar-refractivity contribution in [2.24, 2.45) is 5.92 Å². The predicted molar refractivity (Wildman–Crippen MR) is 63.4 cm³/mol. The number of carbonyl (C=O) groups is 2. The standard InChI is InChI=1S/C12H16N2O3/c1-8(2)11(15)13-14-12(16)9-6-4-5-7-10(9)17-3/h4-8H,1-3H3,(H,13,15)(H,14,16). The van der Waals surface area contributed by atoms with Crippen LogP contribution in [0.4, 0.5) is 0 Å². The van der Waals surface area contributed by atoms with Crippen LogP contribution in [-0.4, -0.2) is 18.9 Å². The van der Waals surface area contributed by atoms with E-state index in [2.05, 4.69) is 10.9 Å². The molecule has 1 rings (SSSR count). The molecule has 1 aromatic rings. The van der Waals surface area contributed by atoms with E-state index >= 15 is 0 Å². The summed E-state index contributed by atoms with van der Waals surface area (Å²) in [5.41, 5.74) is 5.05. The Morgan fingerprint density at radius 2 is 1.82 bits per heavy atom. The molecule has 0 heterocycles. The summed E-state index contributed by atoms with van der Waals surface area (Å²) in [6.45, 7) is 3.48. The van der Waals surface area contributed by atoms with Crippen LogP contribution in [0.15, 0.2) is 24.3 Å². The van der Waals surface area contributed by atoms with Crippen LogP contribution in [0.2, 0.25) is 0 Å². The Balaban J connectivity index is 2.67. The first-order chi connectivity index (χ1) is 8.06. The summed E-state index contributed by atoms with van der Waals surface area (Å²) >= 11 is 0. The number of carbonyl (C=O) groups excluding carboxylic acids is 2. The molecule has 0 aliphatic heterocycles. The molecular weight excluding hydrogens is 220 g/mol. The molecule has 2 amide bonds. The van der Waals surface area contributed by atoms with Crippen LogP contribution in [0.3, 0.4) is 0 Å². The maximum absolute atomic E-state index is 11.7. The number of amides is 2. The molecular formula is C12H16N2O3. The molecule has 1 aromatic carbocycles. The van der Waals surface area contributed by atoms with E-state index in [1.165, 1.54) is 7.11 Å². The monoisotopic (exact) mass is 236 g/mol.